The summed E-state index contributed by atoms with van der Waals surface area (Å²) in [6.07, 6.45) is -0.395. The highest BCUT2D eigenvalue weighted by Crippen LogP contribution is 2.53. The molecule has 4 nitrogen and oxygen atoms in total. The molecular formula is C15H17F2N3O. The smallest absolute Gasteiger partial charge is 0.249 e. The van der Waals surface area contributed by atoms with E-state index in [4.69, 9.17) is 16.0 Å². The molecule has 1 saturated carbocycles. The van der Waals surface area contributed by atoms with Crippen molar-refractivity contribution in [1.82, 2.24) is 5.16 Å². The van der Waals surface area contributed by atoms with Gasteiger partial charge in [-0.1, -0.05) is 11.2 Å². The molecule has 1 heterocycles. The van der Waals surface area contributed by atoms with Crippen LogP contribution in [0.25, 0.3) is 11.1 Å². The second-order valence-corrected chi connectivity index (χ2v) is 5.69. The van der Waals surface area contributed by atoms with Crippen LogP contribution in [0, 0.1) is 13.8 Å². The van der Waals surface area contributed by atoms with Gasteiger partial charge in [-0.15, -0.1) is 0 Å². The molecule has 0 amide bonds. The Labute approximate surface area is 121 Å². The number of halogens is 2. The lowest BCUT2D eigenvalue weighted by Gasteiger charge is -2.37. The van der Waals surface area contributed by atoms with Gasteiger partial charge in [-0.25, -0.2) is 8.78 Å². The fourth-order valence-corrected chi connectivity index (χ4v) is 3.04. The average Bonchev–Trinajstić information content (AvgIpc) is 2.70. The molecule has 1 fully saturated rings. The summed E-state index contributed by atoms with van der Waals surface area (Å²) in [6, 6.07) is 3.50. The number of aryl methyl sites for hydroxylation is 2. The number of anilines is 2. The second-order valence-electron chi connectivity index (χ2n) is 5.69. The van der Waals surface area contributed by atoms with E-state index in [0.29, 0.717) is 28.4 Å². The Morgan fingerprint density at radius 1 is 1.24 bits per heavy atom. The molecule has 4 N–H and O–H groups in total. The fraction of sp³-hybridized carbons (Fsp3) is 0.400. The standard InChI is InChI=1S/C15H17F2N3O/c1-7-12(8(2)21-20-7)10-3-4-11(18)14(19)13(10)9-5-15(16,17)6-9/h3-4,9H,5-6,18-19H2,1-2H3. The molecule has 3 rings (SSSR count). The van der Waals surface area contributed by atoms with Crippen molar-refractivity contribution < 1.29 is 13.3 Å². The minimum Gasteiger partial charge on any atom is -0.397 e. The van der Waals surface area contributed by atoms with Gasteiger partial charge in [0.15, 0.2) is 0 Å². The number of nitrogens with two attached hydrogens (primary N) is 2. The molecule has 1 aliphatic rings. The zero-order valence-corrected chi connectivity index (χ0v) is 11.9. The van der Waals surface area contributed by atoms with Crippen molar-refractivity contribution in [2.45, 2.75) is 38.5 Å². The van der Waals surface area contributed by atoms with Crippen LogP contribution >= 0.6 is 0 Å². The van der Waals surface area contributed by atoms with Gasteiger partial charge in [-0.3, -0.25) is 0 Å². The number of alkyl halides is 2. The molecule has 0 saturated heterocycles. The summed E-state index contributed by atoms with van der Waals surface area (Å²) >= 11 is 0. The van der Waals surface area contributed by atoms with Crippen molar-refractivity contribution in [3.63, 3.8) is 0 Å². The van der Waals surface area contributed by atoms with Crippen LogP contribution in [0.2, 0.25) is 0 Å². The highest BCUT2D eigenvalue weighted by molar-refractivity contribution is 5.82. The normalized spacial score (nSPS) is 17.7. The minimum atomic E-state index is -2.61. The molecule has 0 aliphatic heterocycles. The largest absolute Gasteiger partial charge is 0.397 e. The SMILES string of the molecule is Cc1noc(C)c1-c1ccc(N)c(N)c1C1CC(F)(F)C1. The topological polar surface area (TPSA) is 78.1 Å². The van der Waals surface area contributed by atoms with Gasteiger partial charge in [0.25, 0.3) is 0 Å². The van der Waals surface area contributed by atoms with E-state index in [0.717, 1.165) is 11.1 Å². The van der Waals surface area contributed by atoms with Crippen molar-refractivity contribution in [2.75, 3.05) is 11.5 Å². The molecule has 1 aromatic carbocycles. The van der Waals surface area contributed by atoms with Crippen LogP contribution in [0.5, 0.6) is 0 Å². The Bertz CT molecular complexity index is 682. The van der Waals surface area contributed by atoms with Crippen LogP contribution < -0.4 is 11.5 Å². The molecule has 1 aliphatic carbocycles. The van der Waals surface area contributed by atoms with Crippen molar-refractivity contribution >= 4 is 11.4 Å². The summed E-state index contributed by atoms with van der Waals surface area (Å²) in [5.74, 6) is -2.26. The van der Waals surface area contributed by atoms with Gasteiger partial charge in [-0.2, -0.15) is 0 Å². The van der Waals surface area contributed by atoms with E-state index in [2.05, 4.69) is 5.16 Å². The van der Waals surface area contributed by atoms with Gasteiger partial charge in [-0.05, 0) is 37.0 Å². The van der Waals surface area contributed by atoms with Gasteiger partial charge in [0.05, 0.1) is 17.1 Å². The van der Waals surface area contributed by atoms with E-state index in [1.54, 1.807) is 13.0 Å². The summed E-state index contributed by atoms with van der Waals surface area (Å²) in [5, 5.41) is 3.92. The van der Waals surface area contributed by atoms with Crippen LogP contribution in [-0.4, -0.2) is 11.1 Å². The summed E-state index contributed by atoms with van der Waals surface area (Å²) in [5.41, 5.74) is 15.7. The third-order valence-electron chi connectivity index (χ3n) is 4.12. The van der Waals surface area contributed by atoms with E-state index in [1.165, 1.54) is 0 Å². The maximum atomic E-state index is 13.2. The highest BCUT2D eigenvalue weighted by Gasteiger charge is 2.47. The quantitative estimate of drug-likeness (QED) is 0.829. The second kappa shape index (κ2) is 4.44. The summed E-state index contributed by atoms with van der Waals surface area (Å²) in [4.78, 5) is 0. The highest BCUT2D eigenvalue weighted by atomic mass is 19.3. The first-order chi connectivity index (χ1) is 9.80. The van der Waals surface area contributed by atoms with Crippen molar-refractivity contribution in [2.24, 2.45) is 0 Å². The first kappa shape index (κ1) is 13.9. The number of rotatable bonds is 2. The van der Waals surface area contributed by atoms with Crippen molar-refractivity contribution in [3.05, 3.63) is 29.2 Å². The zero-order chi connectivity index (χ0) is 15.4. The van der Waals surface area contributed by atoms with Gasteiger partial charge in [0.2, 0.25) is 5.92 Å². The number of benzene rings is 1. The summed E-state index contributed by atoms with van der Waals surface area (Å²) in [6.45, 7) is 3.61. The minimum absolute atomic E-state index is 0.197. The number of hydrogen-bond donors (Lipinski definition) is 2. The van der Waals surface area contributed by atoms with Crippen LogP contribution in [-0.2, 0) is 0 Å². The first-order valence-electron chi connectivity index (χ1n) is 6.79. The van der Waals surface area contributed by atoms with E-state index in [9.17, 15) is 8.78 Å². The molecular weight excluding hydrogens is 276 g/mol. The van der Waals surface area contributed by atoms with Gasteiger partial charge in [0, 0.05) is 18.4 Å². The molecule has 0 radical (unpaired) electrons. The average molecular weight is 293 g/mol. The van der Waals surface area contributed by atoms with Crippen LogP contribution in [0.4, 0.5) is 20.2 Å². The Morgan fingerprint density at radius 3 is 2.43 bits per heavy atom. The molecule has 0 bridgehead atoms. The third kappa shape index (κ3) is 2.14. The van der Waals surface area contributed by atoms with Crippen LogP contribution in [0.1, 0.15) is 35.8 Å². The van der Waals surface area contributed by atoms with E-state index in [1.807, 2.05) is 13.0 Å². The molecule has 21 heavy (non-hydrogen) atoms. The first-order valence-corrected chi connectivity index (χ1v) is 6.79. The lowest BCUT2D eigenvalue weighted by Crippen LogP contribution is -2.34. The van der Waals surface area contributed by atoms with Crippen LogP contribution in [0.15, 0.2) is 16.7 Å². The van der Waals surface area contributed by atoms with E-state index >= 15 is 0 Å². The molecule has 2 aromatic rings. The number of nitrogens with zero attached hydrogens (tertiary/aromatic N) is 1. The maximum Gasteiger partial charge on any atom is 0.249 e. The zero-order valence-electron chi connectivity index (χ0n) is 11.9. The molecule has 0 spiro atoms. The van der Waals surface area contributed by atoms with Crippen molar-refractivity contribution in [1.29, 1.82) is 0 Å². The lowest BCUT2D eigenvalue weighted by atomic mass is 9.73. The predicted molar refractivity (Wildman–Crippen MR) is 77.2 cm³/mol. The van der Waals surface area contributed by atoms with E-state index in [-0.39, 0.29) is 18.8 Å². The van der Waals surface area contributed by atoms with Crippen molar-refractivity contribution in [3.8, 4) is 11.1 Å². The molecule has 6 heteroatoms. The Kier molecular flexibility index (Phi) is 2.93. The number of nitrogen functional groups attached to an aromatic ring is 2. The van der Waals surface area contributed by atoms with Gasteiger partial charge < -0.3 is 16.0 Å². The van der Waals surface area contributed by atoms with Crippen LogP contribution in [0.3, 0.4) is 0 Å². The van der Waals surface area contributed by atoms with Gasteiger partial charge >= 0.3 is 0 Å². The predicted octanol–water partition coefficient (Wildman–Crippen LogP) is 3.64. The maximum absolute atomic E-state index is 13.2. The van der Waals surface area contributed by atoms with E-state index < -0.39 is 5.92 Å². The molecule has 1 aromatic heterocycles. The Hall–Kier alpha value is -2.11. The van der Waals surface area contributed by atoms with Gasteiger partial charge in [0.1, 0.15) is 5.76 Å². The third-order valence-corrected chi connectivity index (χ3v) is 4.12. The molecule has 0 atom stereocenters. The summed E-state index contributed by atoms with van der Waals surface area (Å²) in [7, 11) is 0. The molecule has 112 valence electrons. The Balaban J connectivity index is 2.16. The summed E-state index contributed by atoms with van der Waals surface area (Å²) < 4.78 is 31.6. The monoisotopic (exact) mass is 293 g/mol. The molecule has 0 unspecified atom stereocenters. The fourth-order valence-electron chi connectivity index (χ4n) is 3.04. The lowest BCUT2D eigenvalue weighted by molar-refractivity contribution is -0.0864. The number of aromatic nitrogens is 1. The Morgan fingerprint density at radius 2 is 1.90 bits per heavy atom. The number of hydrogen-bond acceptors (Lipinski definition) is 4.